The predicted octanol–water partition coefficient (Wildman–Crippen LogP) is 6.17. The molecule has 3 aromatic rings. The molecular formula is C22H18ClFO. The summed E-state index contributed by atoms with van der Waals surface area (Å²) in [7, 11) is 0. The molecule has 0 aliphatic carbocycles. The molecule has 1 atom stereocenters. The van der Waals surface area contributed by atoms with Crippen LogP contribution in [-0.2, 0) is 6.42 Å². The molecule has 3 heteroatoms. The molecule has 1 aliphatic heterocycles. The molecule has 0 amide bonds. The van der Waals surface area contributed by atoms with Gasteiger partial charge in [0.2, 0.25) is 0 Å². The first-order chi connectivity index (χ1) is 12.1. The molecule has 3 aromatic carbocycles. The van der Waals surface area contributed by atoms with Gasteiger partial charge in [0.15, 0.2) is 0 Å². The van der Waals surface area contributed by atoms with Crippen molar-refractivity contribution in [1.29, 1.82) is 0 Å². The smallest absolute Gasteiger partial charge is 0.131 e. The average molecular weight is 353 g/mol. The quantitative estimate of drug-likeness (QED) is 0.535. The molecule has 1 aliphatic rings. The fourth-order valence-corrected chi connectivity index (χ4v) is 3.57. The molecule has 0 aromatic heterocycles. The molecule has 126 valence electrons. The third kappa shape index (κ3) is 3.27. The molecule has 0 radical (unpaired) electrons. The summed E-state index contributed by atoms with van der Waals surface area (Å²) in [6.45, 7) is 2.62. The monoisotopic (exact) mass is 352 g/mol. The van der Waals surface area contributed by atoms with Gasteiger partial charge in [-0.3, -0.25) is 0 Å². The van der Waals surface area contributed by atoms with Crippen LogP contribution >= 0.6 is 11.6 Å². The number of rotatable bonds is 2. The van der Waals surface area contributed by atoms with E-state index in [2.05, 4.69) is 12.1 Å². The lowest BCUT2D eigenvalue weighted by molar-refractivity contribution is 0.262. The van der Waals surface area contributed by atoms with Crippen LogP contribution in [0.15, 0.2) is 60.7 Å². The van der Waals surface area contributed by atoms with Crippen molar-refractivity contribution in [3.63, 3.8) is 0 Å². The number of benzene rings is 3. The second-order valence-electron chi connectivity index (χ2n) is 6.57. The Labute approximate surface area is 152 Å². The summed E-state index contributed by atoms with van der Waals surface area (Å²) in [5, 5.41) is 0.730. The van der Waals surface area contributed by atoms with E-state index in [9.17, 15) is 4.39 Å². The lowest BCUT2D eigenvalue weighted by Crippen LogP contribution is -2.19. The normalized spacial score (nSPS) is 16.2. The molecule has 0 bridgehead atoms. The van der Waals surface area contributed by atoms with Crippen molar-refractivity contribution >= 4 is 11.6 Å². The molecule has 1 unspecified atom stereocenters. The van der Waals surface area contributed by atoms with Crippen LogP contribution in [0.3, 0.4) is 0 Å². The van der Waals surface area contributed by atoms with Gasteiger partial charge in [-0.05, 0) is 60.4 Å². The van der Waals surface area contributed by atoms with Gasteiger partial charge in [-0.15, -0.1) is 0 Å². The lowest BCUT2D eigenvalue weighted by Gasteiger charge is -2.26. The summed E-state index contributed by atoms with van der Waals surface area (Å²) in [5.74, 6) is 1.00. The average Bonchev–Trinajstić information content (AvgIpc) is 2.63. The van der Waals surface area contributed by atoms with Crippen LogP contribution in [0.2, 0.25) is 5.02 Å². The van der Waals surface area contributed by atoms with E-state index < -0.39 is 0 Å². The largest absolute Gasteiger partial charge is 0.493 e. The first kappa shape index (κ1) is 16.2. The Kier molecular flexibility index (Phi) is 4.22. The first-order valence-corrected chi connectivity index (χ1v) is 8.75. The maximum atomic E-state index is 14.1. The highest BCUT2D eigenvalue weighted by Crippen LogP contribution is 2.35. The second-order valence-corrected chi connectivity index (χ2v) is 7.01. The minimum atomic E-state index is -0.192. The number of hydrogen-bond donors (Lipinski definition) is 0. The Morgan fingerprint density at radius 3 is 2.60 bits per heavy atom. The Balaban J connectivity index is 1.60. The Morgan fingerprint density at radius 1 is 1.00 bits per heavy atom. The van der Waals surface area contributed by atoms with Crippen molar-refractivity contribution in [2.75, 3.05) is 6.61 Å². The lowest BCUT2D eigenvalue weighted by atomic mass is 9.89. The van der Waals surface area contributed by atoms with Crippen LogP contribution in [-0.4, -0.2) is 6.61 Å². The van der Waals surface area contributed by atoms with E-state index in [1.54, 1.807) is 6.07 Å². The highest BCUT2D eigenvalue weighted by molar-refractivity contribution is 6.30. The molecule has 0 saturated heterocycles. The maximum Gasteiger partial charge on any atom is 0.131 e. The van der Waals surface area contributed by atoms with Gasteiger partial charge in [-0.1, -0.05) is 47.5 Å². The fraction of sp³-hybridized carbons (Fsp3) is 0.182. The van der Waals surface area contributed by atoms with Crippen LogP contribution < -0.4 is 4.74 Å². The summed E-state index contributed by atoms with van der Waals surface area (Å²) >= 11 is 6.10. The SMILES string of the molecule is Cc1ccc(F)c(-c2ccc(C3COc4ccc(Cl)cc4C3)cc2)c1. The summed E-state index contributed by atoms with van der Waals surface area (Å²) in [4.78, 5) is 0. The van der Waals surface area contributed by atoms with Crippen molar-refractivity contribution in [3.8, 4) is 16.9 Å². The zero-order valence-corrected chi connectivity index (χ0v) is 14.7. The van der Waals surface area contributed by atoms with E-state index in [1.165, 1.54) is 11.6 Å². The molecular weight excluding hydrogens is 335 g/mol. The van der Waals surface area contributed by atoms with Crippen molar-refractivity contribution in [2.24, 2.45) is 0 Å². The molecule has 4 rings (SSSR count). The number of ether oxygens (including phenoxy) is 1. The van der Waals surface area contributed by atoms with Gasteiger partial charge in [0.1, 0.15) is 11.6 Å². The van der Waals surface area contributed by atoms with Crippen LogP contribution in [0.5, 0.6) is 5.75 Å². The van der Waals surface area contributed by atoms with E-state index >= 15 is 0 Å². The minimum Gasteiger partial charge on any atom is -0.493 e. The van der Waals surface area contributed by atoms with Crippen LogP contribution in [0, 0.1) is 12.7 Å². The van der Waals surface area contributed by atoms with E-state index in [0.29, 0.717) is 12.2 Å². The molecule has 1 nitrogen and oxygen atoms in total. The maximum absolute atomic E-state index is 14.1. The van der Waals surface area contributed by atoms with Gasteiger partial charge in [0, 0.05) is 16.5 Å². The van der Waals surface area contributed by atoms with Gasteiger partial charge in [-0.25, -0.2) is 4.39 Å². The molecule has 0 fully saturated rings. The number of halogens is 2. The first-order valence-electron chi connectivity index (χ1n) is 8.38. The van der Waals surface area contributed by atoms with E-state index in [1.807, 2.05) is 43.3 Å². The van der Waals surface area contributed by atoms with Gasteiger partial charge in [0.05, 0.1) is 6.61 Å². The molecule has 0 N–H and O–H groups in total. The van der Waals surface area contributed by atoms with Crippen molar-refractivity contribution < 1.29 is 9.13 Å². The van der Waals surface area contributed by atoms with Gasteiger partial charge >= 0.3 is 0 Å². The van der Waals surface area contributed by atoms with E-state index in [-0.39, 0.29) is 11.7 Å². The van der Waals surface area contributed by atoms with E-state index in [0.717, 1.165) is 33.9 Å². The number of fused-ring (bicyclic) bond motifs is 1. The van der Waals surface area contributed by atoms with Gasteiger partial charge < -0.3 is 4.74 Å². The Hall–Kier alpha value is -2.32. The third-order valence-electron chi connectivity index (χ3n) is 4.74. The van der Waals surface area contributed by atoms with Crippen LogP contribution in [0.1, 0.15) is 22.6 Å². The predicted molar refractivity (Wildman–Crippen MR) is 100.0 cm³/mol. The van der Waals surface area contributed by atoms with Crippen molar-refractivity contribution in [2.45, 2.75) is 19.3 Å². The summed E-state index contributed by atoms with van der Waals surface area (Å²) in [5.41, 5.74) is 4.92. The van der Waals surface area contributed by atoms with Crippen LogP contribution in [0.4, 0.5) is 4.39 Å². The van der Waals surface area contributed by atoms with Crippen LogP contribution in [0.25, 0.3) is 11.1 Å². The Bertz CT molecular complexity index is 918. The van der Waals surface area contributed by atoms with Crippen molar-refractivity contribution in [3.05, 3.63) is 88.2 Å². The zero-order chi connectivity index (χ0) is 17.4. The highest BCUT2D eigenvalue weighted by atomic mass is 35.5. The molecule has 0 spiro atoms. The Morgan fingerprint density at radius 2 is 1.80 bits per heavy atom. The fourth-order valence-electron chi connectivity index (χ4n) is 3.37. The van der Waals surface area contributed by atoms with Gasteiger partial charge in [0.25, 0.3) is 0 Å². The number of hydrogen-bond acceptors (Lipinski definition) is 1. The highest BCUT2D eigenvalue weighted by Gasteiger charge is 2.21. The molecule has 1 heterocycles. The minimum absolute atomic E-state index is 0.192. The van der Waals surface area contributed by atoms with Gasteiger partial charge in [-0.2, -0.15) is 0 Å². The second kappa shape index (κ2) is 6.53. The zero-order valence-electron chi connectivity index (χ0n) is 13.9. The molecule has 25 heavy (non-hydrogen) atoms. The summed E-state index contributed by atoms with van der Waals surface area (Å²) < 4.78 is 20.0. The standard InChI is InChI=1S/C22H18ClFO/c1-14-2-8-21(24)20(10-14)16-5-3-15(4-6-16)18-11-17-12-19(23)7-9-22(17)25-13-18/h2-10,12,18H,11,13H2,1H3. The summed E-state index contributed by atoms with van der Waals surface area (Å²) in [6, 6.07) is 19.1. The molecule has 0 saturated carbocycles. The summed E-state index contributed by atoms with van der Waals surface area (Å²) in [6.07, 6.45) is 0.897. The number of aryl methyl sites for hydroxylation is 1. The van der Waals surface area contributed by atoms with E-state index in [4.69, 9.17) is 16.3 Å². The topological polar surface area (TPSA) is 9.23 Å². The third-order valence-corrected chi connectivity index (χ3v) is 4.98. The van der Waals surface area contributed by atoms with Crippen molar-refractivity contribution in [1.82, 2.24) is 0 Å².